The summed E-state index contributed by atoms with van der Waals surface area (Å²) in [7, 11) is 0. The van der Waals surface area contributed by atoms with Gasteiger partial charge in [0, 0.05) is 39.0 Å². The van der Waals surface area contributed by atoms with E-state index in [0.717, 1.165) is 38.8 Å². The van der Waals surface area contributed by atoms with Crippen LogP contribution in [0.1, 0.15) is 182 Å². The van der Waals surface area contributed by atoms with E-state index < -0.39 is 0 Å². The largest absolute Gasteiger partial charge is 0.341 e. The number of carbonyl (C=O) groups excluding carboxylic acids is 2. The molecule has 0 aromatic carbocycles. The Labute approximate surface area is 239 Å². The summed E-state index contributed by atoms with van der Waals surface area (Å²) >= 11 is 0. The van der Waals surface area contributed by atoms with E-state index in [1.54, 1.807) is 0 Å². The number of hydrogen-bond acceptors (Lipinski definition) is 2. The van der Waals surface area contributed by atoms with E-state index in [2.05, 4.69) is 27.7 Å². The third-order valence-electron chi connectivity index (χ3n) is 8.10. The van der Waals surface area contributed by atoms with Gasteiger partial charge >= 0.3 is 0 Å². The zero-order valence-electron chi connectivity index (χ0n) is 26.5. The van der Waals surface area contributed by atoms with Crippen molar-refractivity contribution in [1.29, 1.82) is 0 Å². The molecule has 0 fully saturated rings. The molecule has 0 bridgehead atoms. The molecular weight excluding hydrogens is 468 g/mol. The minimum atomic E-state index is 0.261. The zero-order chi connectivity index (χ0) is 28.1. The van der Waals surface area contributed by atoms with Crippen molar-refractivity contribution in [3.05, 3.63) is 0 Å². The quantitative estimate of drug-likeness (QED) is 0.0892. The van der Waals surface area contributed by atoms with Gasteiger partial charge in [-0.25, -0.2) is 0 Å². The minimum absolute atomic E-state index is 0.261. The average Bonchev–Trinajstić information content (AvgIpc) is 2.92. The van der Waals surface area contributed by atoms with Crippen LogP contribution in [0.4, 0.5) is 0 Å². The van der Waals surface area contributed by atoms with Crippen molar-refractivity contribution in [2.45, 2.75) is 182 Å². The highest BCUT2D eigenvalue weighted by Gasteiger charge is 2.16. The molecule has 2 amide bonds. The number of unbranched alkanes of at least 4 members (excludes halogenated alkanes) is 20. The molecule has 0 aromatic rings. The second-order valence-corrected chi connectivity index (χ2v) is 11.5. The van der Waals surface area contributed by atoms with Crippen LogP contribution in [0.2, 0.25) is 0 Å². The van der Waals surface area contributed by atoms with Crippen LogP contribution in [0.15, 0.2) is 0 Å². The van der Waals surface area contributed by atoms with Crippen LogP contribution in [-0.2, 0) is 9.59 Å². The van der Waals surface area contributed by atoms with Crippen molar-refractivity contribution >= 4 is 11.8 Å². The van der Waals surface area contributed by atoms with Gasteiger partial charge in [0.25, 0.3) is 0 Å². The molecule has 0 aliphatic rings. The highest BCUT2D eigenvalue weighted by Crippen LogP contribution is 2.14. The van der Waals surface area contributed by atoms with Gasteiger partial charge in [-0.05, 0) is 26.7 Å². The molecule has 0 rings (SSSR count). The average molecular weight is 537 g/mol. The summed E-state index contributed by atoms with van der Waals surface area (Å²) in [6.45, 7) is 11.5. The van der Waals surface area contributed by atoms with Crippen LogP contribution < -0.4 is 0 Å². The molecule has 0 heterocycles. The number of nitrogens with zero attached hydrogens (tertiary/aromatic N) is 2. The summed E-state index contributed by atoms with van der Waals surface area (Å²) in [5, 5.41) is 0. The fourth-order valence-corrected chi connectivity index (χ4v) is 5.36. The van der Waals surface area contributed by atoms with E-state index in [9.17, 15) is 9.59 Å². The van der Waals surface area contributed by atoms with Gasteiger partial charge in [0.1, 0.15) is 0 Å². The van der Waals surface area contributed by atoms with E-state index in [1.807, 2.05) is 9.80 Å². The number of rotatable bonds is 29. The van der Waals surface area contributed by atoms with E-state index in [4.69, 9.17) is 0 Å². The van der Waals surface area contributed by atoms with Gasteiger partial charge in [-0.3, -0.25) is 9.59 Å². The minimum Gasteiger partial charge on any atom is -0.341 e. The predicted octanol–water partition coefficient (Wildman–Crippen LogP) is 10.1. The third kappa shape index (κ3) is 22.9. The Balaban J connectivity index is 3.85. The Bertz CT molecular complexity index is 477. The van der Waals surface area contributed by atoms with Crippen molar-refractivity contribution < 1.29 is 9.59 Å². The van der Waals surface area contributed by atoms with Gasteiger partial charge in [0.2, 0.25) is 11.8 Å². The van der Waals surface area contributed by atoms with Crippen molar-refractivity contribution in [1.82, 2.24) is 9.80 Å². The Kier molecular flexibility index (Phi) is 28.1. The molecule has 0 atom stereocenters. The molecule has 0 aromatic heterocycles. The maximum atomic E-state index is 12.7. The first-order chi connectivity index (χ1) is 18.6. The van der Waals surface area contributed by atoms with Crippen molar-refractivity contribution in [2.75, 3.05) is 26.2 Å². The van der Waals surface area contributed by atoms with Gasteiger partial charge in [-0.1, -0.05) is 142 Å². The SMILES string of the molecule is CCCCCCCCCCCCCC(=O)N(CC)CCN(CC)C(=O)CCCCCCCCCCCCC. The van der Waals surface area contributed by atoms with Gasteiger partial charge in [-0.15, -0.1) is 0 Å². The molecular formula is C34H68N2O2. The van der Waals surface area contributed by atoms with Crippen molar-refractivity contribution in [2.24, 2.45) is 0 Å². The van der Waals surface area contributed by atoms with Gasteiger partial charge in [-0.2, -0.15) is 0 Å². The van der Waals surface area contributed by atoms with Crippen LogP contribution in [0, 0.1) is 0 Å². The smallest absolute Gasteiger partial charge is 0.222 e. The first kappa shape index (κ1) is 36.9. The fourth-order valence-electron chi connectivity index (χ4n) is 5.36. The Morgan fingerprint density at radius 1 is 0.368 bits per heavy atom. The van der Waals surface area contributed by atoms with Gasteiger partial charge in [0.05, 0.1) is 0 Å². The zero-order valence-corrected chi connectivity index (χ0v) is 26.5. The summed E-state index contributed by atoms with van der Waals surface area (Å²) < 4.78 is 0. The lowest BCUT2D eigenvalue weighted by atomic mass is 10.0. The lowest BCUT2D eigenvalue weighted by Crippen LogP contribution is -2.40. The Morgan fingerprint density at radius 2 is 0.605 bits per heavy atom. The normalized spacial score (nSPS) is 11.2. The van der Waals surface area contributed by atoms with Crippen molar-refractivity contribution in [3.63, 3.8) is 0 Å². The van der Waals surface area contributed by atoms with Gasteiger partial charge in [0.15, 0.2) is 0 Å². The molecule has 38 heavy (non-hydrogen) atoms. The van der Waals surface area contributed by atoms with E-state index in [-0.39, 0.29) is 11.8 Å². The molecule has 4 heteroatoms. The lowest BCUT2D eigenvalue weighted by molar-refractivity contribution is -0.135. The summed E-state index contributed by atoms with van der Waals surface area (Å²) in [5.41, 5.74) is 0. The standard InChI is InChI=1S/C34H68N2O2/c1-5-9-11-13-15-17-19-21-23-25-27-29-33(37)35(7-3)31-32-36(8-4)34(38)30-28-26-24-22-20-18-16-14-12-10-6-2/h5-32H2,1-4H3. The van der Waals surface area contributed by atoms with E-state index >= 15 is 0 Å². The molecule has 0 saturated carbocycles. The predicted molar refractivity (Wildman–Crippen MR) is 167 cm³/mol. The molecule has 4 nitrogen and oxygen atoms in total. The Hall–Kier alpha value is -1.06. The summed E-state index contributed by atoms with van der Waals surface area (Å²) in [6.07, 6.45) is 30.0. The molecule has 0 radical (unpaired) electrons. The molecule has 0 N–H and O–H groups in total. The van der Waals surface area contributed by atoms with Crippen molar-refractivity contribution in [3.8, 4) is 0 Å². The number of carbonyl (C=O) groups is 2. The second kappa shape index (κ2) is 28.9. The van der Waals surface area contributed by atoms with Crippen LogP contribution in [0.5, 0.6) is 0 Å². The topological polar surface area (TPSA) is 40.6 Å². The maximum Gasteiger partial charge on any atom is 0.222 e. The van der Waals surface area contributed by atoms with E-state index in [0.29, 0.717) is 25.9 Å². The lowest BCUT2D eigenvalue weighted by Gasteiger charge is -2.26. The summed E-state index contributed by atoms with van der Waals surface area (Å²) in [6, 6.07) is 0. The second-order valence-electron chi connectivity index (χ2n) is 11.5. The molecule has 0 spiro atoms. The molecule has 226 valence electrons. The first-order valence-corrected chi connectivity index (χ1v) is 17.2. The highest BCUT2D eigenvalue weighted by molar-refractivity contribution is 5.77. The number of hydrogen-bond donors (Lipinski definition) is 0. The maximum absolute atomic E-state index is 12.7. The number of likely N-dealkylation sites (N-methyl/N-ethyl adjacent to an activating group) is 2. The first-order valence-electron chi connectivity index (χ1n) is 17.2. The fraction of sp³-hybridized carbons (Fsp3) is 0.941. The Morgan fingerprint density at radius 3 is 0.842 bits per heavy atom. The van der Waals surface area contributed by atoms with Crippen LogP contribution in [-0.4, -0.2) is 47.8 Å². The third-order valence-corrected chi connectivity index (χ3v) is 8.10. The molecule has 0 aliphatic carbocycles. The molecule has 0 unspecified atom stereocenters. The number of amides is 2. The monoisotopic (exact) mass is 537 g/mol. The summed E-state index contributed by atoms with van der Waals surface area (Å²) in [4.78, 5) is 29.3. The van der Waals surface area contributed by atoms with Crippen LogP contribution >= 0.6 is 0 Å². The summed E-state index contributed by atoms with van der Waals surface area (Å²) in [5.74, 6) is 0.523. The van der Waals surface area contributed by atoms with Crippen LogP contribution in [0.25, 0.3) is 0 Å². The molecule has 0 aliphatic heterocycles. The van der Waals surface area contributed by atoms with Crippen LogP contribution in [0.3, 0.4) is 0 Å². The molecule has 0 saturated heterocycles. The van der Waals surface area contributed by atoms with E-state index in [1.165, 1.54) is 116 Å². The van der Waals surface area contributed by atoms with Gasteiger partial charge < -0.3 is 9.80 Å². The highest BCUT2D eigenvalue weighted by atomic mass is 16.2.